The maximum atomic E-state index is 12.8. The minimum atomic E-state index is -4.42. The zero-order valence-corrected chi connectivity index (χ0v) is 15.4. The largest absolute Gasteiger partial charge is 0.478 e. The first-order valence-electron chi connectivity index (χ1n) is 8.92. The van der Waals surface area contributed by atoms with Gasteiger partial charge >= 0.3 is 12.1 Å². The molecule has 8 heteroatoms. The number of aromatic nitrogens is 1. The monoisotopic (exact) mass is 404 g/mol. The fourth-order valence-electron chi connectivity index (χ4n) is 2.95. The lowest BCUT2D eigenvalue weighted by Crippen LogP contribution is -2.36. The zero-order valence-electron chi connectivity index (χ0n) is 15.4. The molecule has 3 rings (SSSR count). The highest BCUT2D eigenvalue weighted by molar-refractivity contribution is 5.84. The molecule has 1 aromatic carbocycles. The van der Waals surface area contributed by atoms with Crippen LogP contribution in [0.5, 0.6) is 0 Å². The number of rotatable bonds is 5. The topological polar surface area (TPSA) is 62.7 Å². The summed E-state index contributed by atoms with van der Waals surface area (Å²) in [7, 11) is 0. The molecule has 0 unspecified atom stereocenters. The van der Waals surface area contributed by atoms with Crippen molar-refractivity contribution >= 4 is 17.4 Å². The average molecular weight is 404 g/mol. The molecule has 0 atom stereocenters. The summed E-state index contributed by atoms with van der Waals surface area (Å²) in [4.78, 5) is 17.3. The number of halogens is 3. The summed E-state index contributed by atoms with van der Waals surface area (Å²) < 4.78 is 43.8. The van der Waals surface area contributed by atoms with Gasteiger partial charge in [0, 0.05) is 30.9 Å². The quantitative estimate of drug-likeness (QED) is 0.603. The van der Waals surface area contributed by atoms with Gasteiger partial charge in [-0.25, -0.2) is 9.78 Å². The Balaban J connectivity index is 1.92. The number of nitrogens with zero attached hydrogens (tertiary/aromatic N) is 2. The van der Waals surface area contributed by atoms with Crippen molar-refractivity contribution in [1.29, 1.82) is 0 Å². The lowest BCUT2D eigenvalue weighted by molar-refractivity contribution is -0.137. The molecule has 1 saturated heterocycles. The van der Waals surface area contributed by atoms with Crippen LogP contribution in [0.3, 0.4) is 0 Å². The fraction of sp³-hybridized carbons (Fsp3) is 0.238. The van der Waals surface area contributed by atoms with Crippen LogP contribution in [-0.4, -0.2) is 42.4 Å². The van der Waals surface area contributed by atoms with E-state index in [1.165, 1.54) is 18.2 Å². The molecule has 1 aromatic heterocycles. The van der Waals surface area contributed by atoms with Gasteiger partial charge in [-0.2, -0.15) is 13.2 Å². The van der Waals surface area contributed by atoms with Crippen molar-refractivity contribution in [1.82, 2.24) is 4.98 Å². The highest BCUT2D eigenvalue weighted by Crippen LogP contribution is 2.31. The second kappa shape index (κ2) is 8.91. The van der Waals surface area contributed by atoms with Gasteiger partial charge in [0.2, 0.25) is 0 Å². The molecule has 0 spiro atoms. The number of carboxylic acids is 1. The van der Waals surface area contributed by atoms with E-state index < -0.39 is 17.7 Å². The highest BCUT2D eigenvalue weighted by atomic mass is 19.4. The number of anilines is 1. The molecule has 2 aromatic rings. The molecule has 0 saturated carbocycles. The lowest BCUT2D eigenvalue weighted by Gasteiger charge is -2.27. The summed E-state index contributed by atoms with van der Waals surface area (Å²) in [6, 6.07) is 8.37. The molecule has 2 heterocycles. The first kappa shape index (κ1) is 20.6. The van der Waals surface area contributed by atoms with Gasteiger partial charge in [0.25, 0.3) is 0 Å². The van der Waals surface area contributed by atoms with E-state index in [2.05, 4.69) is 9.88 Å². The van der Waals surface area contributed by atoms with Crippen LogP contribution in [0.1, 0.15) is 16.7 Å². The maximum absolute atomic E-state index is 12.8. The summed E-state index contributed by atoms with van der Waals surface area (Å²) in [5.74, 6) is -0.335. The Hall–Kier alpha value is -3.13. The van der Waals surface area contributed by atoms with Gasteiger partial charge in [0.15, 0.2) is 0 Å². The van der Waals surface area contributed by atoms with Crippen LogP contribution in [0.25, 0.3) is 5.57 Å². The average Bonchev–Trinajstić information content (AvgIpc) is 2.71. The summed E-state index contributed by atoms with van der Waals surface area (Å²) in [5.41, 5.74) is 1.01. The SMILES string of the molecule is O=C(O)/C=C/C=C(/c1ccc(C(F)(F)F)cc1)c1ccc(N2CCOCC2)nc1. The van der Waals surface area contributed by atoms with Gasteiger partial charge in [-0.3, -0.25) is 0 Å². The molecule has 29 heavy (non-hydrogen) atoms. The Labute approximate surface area is 165 Å². The number of hydrogen-bond donors (Lipinski definition) is 1. The zero-order chi connectivity index (χ0) is 20.9. The number of aliphatic carboxylic acids is 1. The predicted octanol–water partition coefficient (Wildman–Crippen LogP) is 4.01. The minimum absolute atomic E-state index is 0.522. The summed E-state index contributed by atoms with van der Waals surface area (Å²) in [5, 5.41) is 8.80. The van der Waals surface area contributed by atoms with E-state index in [4.69, 9.17) is 9.84 Å². The molecular weight excluding hydrogens is 385 g/mol. The molecule has 152 valence electrons. The number of alkyl halides is 3. The van der Waals surface area contributed by atoms with Crippen LogP contribution in [0.2, 0.25) is 0 Å². The number of pyridine rings is 1. The number of carbonyl (C=O) groups is 1. The van der Waals surface area contributed by atoms with Crippen molar-refractivity contribution < 1.29 is 27.8 Å². The van der Waals surface area contributed by atoms with Gasteiger partial charge in [-0.05, 0) is 35.4 Å². The number of benzene rings is 1. The van der Waals surface area contributed by atoms with Crippen LogP contribution in [0.15, 0.2) is 60.8 Å². The van der Waals surface area contributed by atoms with Crippen molar-refractivity contribution in [2.45, 2.75) is 6.18 Å². The summed E-state index contributed by atoms with van der Waals surface area (Å²) in [6.07, 6.45) is 1.04. The van der Waals surface area contributed by atoms with Crippen molar-refractivity contribution in [3.63, 3.8) is 0 Å². The molecule has 1 aliphatic rings. The Kier molecular flexibility index (Phi) is 6.33. The molecule has 1 N–H and O–H groups in total. The van der Waals surface area contributed by atoms with E-state index in [0.29, 0.717) is 29.9 Å². The van der Waals surface area contributed by atoms with E-state index in [1.807, 2.05) is 12.1 Å². The number of carboxylic acid groups (broad SMARTS) is 1. The second-order valence-corrected chi connectivity index (χ2v) is 6.36. The predicted molar refractivity (Wildman–Crippen MR) is 103 cm³/mol. The van der Waals surface area contributed by atoms with Gasteiger partial charge in [-0.15, -0.1) is 0 Å². The van der Waals surface area contributed by atoms with Crippen molar-refractivity contribution in [3.8, 4) is 0 Å². The lowest BCUT2D eigenvalue weighted by atomic mass is 9.97. The Morgan fingerprint density at radius 1 is 1.07 bits per heavy atom. The fourth-order valence-corrected chi connectivity index (χ4v) is 2.95. The highest BCUT2D eigenvalue weighted by Gasteiger charge is 2.30. The second-order valence-electron chi connectivity index (χ2n) is 6.36. The molecule has 1 fully saturated rings. The van der Waals surface area contributed by atoms with Gasteiger partial charge in [0.1, 0.15) is 5.82 Å². The van der Waals surface area contributed by atoms with Gasteiger partial charge < -0.3 is 14.7 Å². The smallest absolute Gasteiger partial charge is 0.416 e. The minimum Gasteiger partial charge on any atom is -0.478 e. The molecule has 1 aliphatic heterocycles. The van der Waals surface area contributed by atoms with Crippen LogP contribution in [-0.2, 0) is 15.7 Å². The third kappa shape index (κ3) is 5.45. The van der Waals surface area contributed by atoms with Crippen molar-refractivity contribution in [2.75, 3.05) is 31.2 Å². The first-order chi connectivity index (χ1) is 13.8. The van der Waals surface area contributed by atoms with E-state index in [0.717, 1.165) is 37.1 Å². The summed E-state index contributed by atoms with van der Waals surface area (Å²) >= 11 is 0. The molecule has 5 nitrogen and oxygen atoms in total. The molecule has 0 bridgehead atoms. The Morgan fingerprint density at radius 2 is 1.72 bits per heavy atom. The van der Waals surface area contributed by atoms with Crippen LogP contribution < -0.4 is 4.90 Å². The van der Waals surface area contributed by atoms with Crippen molar-refractivity contribution in [2.24, 2.45) is 0 Å². The Bertz CT molecular complexity index is 898. The molecular formula is C21H19F3N2O3. The Morgan fingerprint density at radius 3 is 2.28 bits per heavy atom. The number of morpholine rings is 1. The number of hydrogen-bond acceptors (Lipinski definition) is 4. The molecule has 0 aliphatic carbocycles. The van der Waals surface area contributed by atoms with Crippen LogP contribution in [0.4, 0.5) is 19.0 Å². The first-order valence-corrected chi connectivity index (χ1v) is 8.92. The number of allylic oxidation sites excluding steroid dienone is 2. The number of ether oxygens (including phenoxy) is 1. The molecule has 0 radical (unpaired) electrons. The van der Waals surface area contributed by atoms with Gasteiger partial charge in [0.05, 0.1) is 18.8 Å². The van der Waals surface area contributed by atoms with Crippen molar-refractivity contribution in [3.05, 3.63) is 77.5 Å². The van der Waals surface area contributed by atoms with E-state index in [1.54, 1.807) is 12.3 Å². The van der Waals surface area contributed by atoms with Crippen LogP contribution >= 0.6 is 0 Å². The van der Waals surface area contributed by atoms with Crippen LogP contribution in [0, 0.1) is 0 Å². The standard InChI is InChI=1S/C21H19F3N2O3/c22-21(23,24)17-7-4-15(5-8-17)18(2-1-3-20(27)28)16-6-9-19(25-14-16)26-10-12-29-13-11-26/h1-9,14H,10-13H2,(H,27,28)/b3-1+,18-2-. The molecule has 0 amide bonds. The van der Waals surface area contributed by atoms with Gasteiger partial charge in [-0.1, -0.05) is 24.3 Å². The third-order valence-corrected chi connectivity index (χ3v) is 4.42. The van der Waals surface area contributed by atoms with E-state index in [9.17, 15) is 18.0 Å². The summed E-state index contributed by atoms with van der Waals surface area (Å²) in [6.45, 7) is 2.71. The van der Waals surface area contributed by atoms with E-state index in [-0.39, 0.29) is 0 Å². The van der Waals surface area contributed by atoms with E-state index >= 15 is 0 Å². The maximum Gasteiger partial charge on any atom is 0.416 e. The normalized spacial score (nSPS) is 15.7. The third-order valence-electron chi connectivity index (χ3n) is 4.42.